The molecule has 0 aliphatic rings. The van der Waals surface area contributed by atoms with E-state index >= 15 is 0 Å². The monoisotopic (exact) mass is 228 g/mol. The second-order valence-corrected chi connectivity index (χ2v) is 3.39. The Kier molecular flexibility index (Phi) is 4.45. The van der Waals surface area contributed by atoms with Crippen LogP contribution in [0.2, 0.25) is 0 Å². The van der Waals surface area contributed by atoms with Crippen molar-refractivity contribution < 1.29 is 25.8 Å². The molecule has 0 spiro atoms. The van der Waals surface area contributed by atoms with E-state index in [9.17, 15) is 0 Å². The summed E-state index contributed by atoms with van der Waals surface area (Å²) >= 11 is 0.859. The Morgan fingerprint density at radius 1 is 1.38 bits per heavy atom. The maximum atomic E-state index is 4.05. The van der Waals surface area contributed by atoms with Crippen LogP contribution in [0.25, 0.3) is 0 Å². The van der Waals surface area contributed by atoms with Crippen LogP contribution in [0.4, 0.5) is 0 Å². The molecule has 1 rings (SSSR count). The summed E-state index contributed by atoms with van der Waals surface area (Å²) in [5, 5.41) is 0. The van der Waals surface area contributed by atoms with Crippen LogP contribution in [0.15, 0.2) is 24.4 Å². The number of rotatable bonds is 0. The SMILES string of the molecule is Cl.[Cd][c]1ccccn1. The number of aromatic nitrogens is 1. The first-order valence-electron chi connectivity index (χ1n) is 2.12. The van der Waals surface area contributed by atoms with Crippen LogP contribution >= 0.6 is 12.4 Å². The molecule has 0 aliphatic carbocycles. The second-order valence-electron chi connectivity index (χ2n) is 1.32. The van der Waals surface area contributed by atoms with E-state index in [-0.39, 0.29) is 12.4 Å². The fourth-order valence-corrected chi connectivity index (χ4v) is 1.09. The molecular weight excluding hydrogens is 222 g/mol. The van der Waals surface area contributed by atoms with Gasteiger partial charge in [-0.05, 0) is 0 Å². The fraction of sp³-hybridized carbons (Fsp3) is 0. The molecule has 8 heavy (non-hydrogen) atoms. The molecule has 0 bridgehead atoms. The zero-order valence-corrected chi connectivity index (χ0v) is 9.22. The molecule has 1 heterocycles. The van der Waals surface area contributed by atoms with Gasteiger partial charge < -0.3 is 0 Å². The van der Waals surface area contributed by atoms with Gasteiger partial charge in [-0.15, -0.1) is 12.4 Å². The predicted octanol–water partition coefficient (Wildman–Crippen LogP) is 0.676. The first kappa shape index (κ1) is 8.36. The second kappa shape index (κ2) is 4.26. The standard InChI is InChI=1S/C5H4N.Cd.ClH/c1-2-4-6-5-3-1;;/h1-4H;;1H. The van der Waals surface area contributed by atoms with Gasteiger partial charge in [-0.1, -0.05) is 0 Å². The summed E-state index contributed by atoms with van der Waals surface area (Å²) in [5.74, 6) is 0. The van der Waals surface area contributed by atoms with Gasteiger partial charge in [0.15, 0.2) is 0 Å². The summed E-state index contributed by atoms with van der Waals surface area (Å²) < 4.78 is 1.24. The van der Waals surface area contributed by atoms with Crippen molar-refractivity contribution in [2.45, 2.75) is 0 Å². The number of hydrogen-bond donors (Lipinski definition) is 0. The molecule has 39 valence electrons. The first-order chi connectivity index (χ1) is 3.39. The average molecular weight is 227 g/mol. The van der Waals surface area contributed by atoms with Crippen LogP contribution in [-0.2, 0) is 25.8 Å². The topological polar surface area (TPSA) is 12.9 Å². The Bertz CT molecular complexity index is 142. The Morgan fingerprint density at radius 2 is 2.12 bits per heavy atom. The van der Waals surface area contributed by atoms with Gasteiger partial charge in [0, 0.05) is 0 Å². The molecule has 0 aromatic carbocycles. The first-order valence-corrected chi connectivity index (χ1v) is 4.14. The average Bonchev–Trinajstić information content (AvgIpc) is 1.69. The molecule has 1 nitrogen and oxygen atoms in total. The number of hydrogen-bond acceptors (Lipinski definition) is 1. The number of halogens is 1. The third kappa shape index (κ3) is 2.62. The van der Waals surface area contributed by atoms with Crippen LogP contribution in [0.3, 0.4) is 0 Å². The Hall–Kier alpha value is 0.362. The van der Waals surface area contributed by atoms with E-state index in [0.717, 1.165) is 25.8 Å². The van der Waals surface area contributed by atoms with E-state index in [1.807, 2.05) is 24.4 Å². The molecule has 0 N–H and O–H groups in total. The quantitative estimate of drug-likeness (QED) is 0.593. The van der Waals surface area contributed by atoms with Crippen LogP contribution < -0.4 is 3.25 Å². The number of nitrogens with zero attached hydrogens (tertiary/aromatic N) is 1. The van der Waals surface area contributed by atoms with Crippen LogP contribution in [0.1, 0.15) is 0 Å². The molecule has 0 saturated carbocycles. The van der Waals surface area contributed by atoms with Gasteiger partial charge in [-0.2, -0.15) is 0 Å². The normalized spacial score (nSPS) is 7.75. The Balaban J connectivity index is 0.000000490. The third-order valence-electron chi connectivity index (χ3n) is 0.726. The predicted molar refractivity (Wildman–Crippen MR) is 31.1 cm³/mol. The van der Waals surface area contributed by atoms with Gasteiger partial charge in [0.2, 0.25) is 0 Å². The van der Waals surface area contributed by atoms with Gasteiger partial charge in [-0.3, -0.25) is 0 Å². The molecule has 0 fully saturated rings. The van der Waals surface area contributed by atoms with Crippen molar-refractivity contribution in [3.8, 4) is 0 Å². The summed E-state index contributed by atoms with van der Waals surface area (Å²) in [6, 6.07) is 6.00. The summed E-state index contributed by atoms with van der Waals surface area (Å²) in [7, 11) is 0. The van der Waals surface area contributed by atoms with E-state index in [2.05, 4.69) is 4.98 Å². The van der Waals surface area contributed by atoms with Crippen molar-refractivity contribution >= 4 is 15.7 Å². The molecular formula is C5H5CdClN. The van der Waals surface area contributed by atoms with E-state index in [0.29, 0.717) is 0 Å². The zero-order valence-electron chi connectivity index (χ0n) is 4.37. The number of pyridine rings is 1. The van der Waals surface area contributed by atoms with Crippen LogP contribution in [0, 0.1) is 0 Å². The molecule has 0 atom stereocenters. The molecule has 3 heteroatoms. The molecule has 0 amide bonds. The van der Waals surface area contributed by atoms with Crippen molar-refractivity contribution in [2.24, 2.45) is 0 Å². The van der Waals surface area contributed by atoms with Gasteiger partial charge in [-0.25, -0.2) is 0 Å². The molecule has 1 aromatic rings. The Morgan fingerprint density at radius 3 is 2.38 bits per heavy atom. The minimum absolute atomic E-state index is 0. The molecule has 0 radical (unpaired) electrons. The van der Waals surface area contributed by atoms with Gasteiger partial charge in [0.25, 0.3) is 0 Å². The van der Waals surface area contributed by atoms with E-state index in [1.54, 1.807) is 0 Å². The van der Waals surface area contributed by atoms with Crippen molar-refractivity contribution in [1.82, 2.24) is 4.98 Å². The van der Waals surface area contributed by atoms with E-state index in [1.165, 1.54) is 3.25 Å². The van der Waals surface area contributed by atoms with Crippen LogP contribution in [-0.4, -0.2) is 4.98 Å². The molecule has 0 aliphatic heterocycles. The molecule has 1 aromatic heterocycles. The third-order valence-corrected chi connectivity index (χ3v) is 1.92. The summed E-state index contributed by atoms with van der Waals surface area (Å²) in [6.45, 7) is 0. The fourth-order valence-electron chi connectivity index (χ4n) is 0.398. The Labute approximate surface area is 70.6 Å². The van der Waals surface area contributed by atoms with Gasteiger partial charge >= 0.3 is 58.4 Å². The van der Waals surface area contributed by atoms with Gasteiger partial charge in [0.05, 0.1) is 0 Å². The van der Waals surface area contributed by atoms with Crippen LogP contribution in [0.5, 0.6) is 0 Å². The van der Waals surface area contributed by atoms with Crippen molar-refractivity contribution in [3.05, 3.63) is 24.4 Å². The summed E-state index contributed by atoms with van der Waals surface area (Å²) in [5.41, 5.74) is 0. The molecule has 0 unspecified atom stereocenters. The van der Waals surface area contributed by atoms with E-state index < -0.39 is 0 Å². The molecule has 0 saturated heterocycles. The van der Waals surface area contributed by atoms with Gasteiger partial charge in [0.1, 0.15) is 0 Å². The zero-order chi connectivity index (χ0) is 5.11. The van der Waals surface area contributed by atoms with E-state index in [4.69, 9.17) is 0 Å². The summed E-state index contributed by atoms with van der Waals surface area (Å²) in [6.07, 6.45) is 1.83. The minimum atomic E-state index is 0. The van der Waals surface area contributed by atoms with Crippen molar-refractivity contribution in [2.75, 3.05) is 0 Å². The maximum absolute atomic E-state index is 4.05. The van der Waals surface area contributed by atoms with Crippen molar-refractivity contribution in [3.63, 3.8) is 0 Å². The summed E-state index contributed by atoms with van der Waals surface area (Å²) in [4.78, 5) is 4.05. The van der Waals surface area contributed by atoms with Crippen molar-refractivity contribution in [1.29, 1.82) is 0 Å².